The number of carbonyl (C=O) groups excluding carboxylic acids is 1. The molecule has 0 amide bonds. The van der Waals surface area contributed by atoms with Crippen LogP contribution < -0.4 is 0 Å². The third-order valence-corrected chi connectivity index (χ3v) is 3.10. The van der Waals surface area contributed by atoms with Crippen LogP contribution in [-0.4, -0.2) is 11.3 Å². The molecular formula is C12H11NOS. The number of thiazole rings is 1. The highest BCUT2D eigenvalue weighted by Crippen LogP contribution is 2.16. The fourth-order valence-corrected chi connectivity index (χ4v) is 2.28. The summed E-state index contributed by atoms with van der Waals surface area (Å²) in [6.07, 6.45) is 4.04. The Kier molecular flexibility index (Phi) is 3.25. The normalized spacial score (nSPS) is 10.1. The number of carbonyl (C=O) groups is 1. The zero-order valence-corrected chi connectivity index (χ0v) is 9.04. The van der Waals surface area contributed by atoms with Crippen LogP contribution in [0.2, 0.25) is 0 Å². The van der Waals surface area contributed by atoms with Gasteiger partial charge in [-0.25, -0.2) is 4.98 Å². The van der Waals surface area contributed by atoms with Gasteiger partial charge in [0, 0.05) is 23.9 Å². The number of nitrogens with zero attached hydrogens (tertiary/aromatic N) is 1. The molecule has 3 heteroatoms. The third-order valence-electron chi connectivity index (χ3n) is 2.08. The summed E-state index contributed by atoms with van der Waals surface area (Å²) in [6.45, 7) is 0. The number of hydrogen-bond acceptors (Lipinski definition) is 3. The first-order valence-electron chi connectivity index (χ1n) is 4.79. The van der Waals surface area contributed by atoms with Crippen molar-refractivity contribution in [1.82, 2.24) is 4.98 Å². The minimum absolute atomic E-state index is 0.479. The SMILES string of the molecule is O=CCc1cnc(Cc2ccccc2)s1. The van der Waals surface area contributed by atoms with Gasteiger partial charge in [0.25, 0.3) is 0 Å². The molecule has 0 unspecified atom stereocenters. The van der Waals surface area contributed by atoms with Crippen molar-refractivity contribution in [2.45, 2.75) is 12.8 Å². The van der Waals surface area contributed by atoms with Crippen LogP contribution in [0.4, 0.5) is 0 Å². The number of rotatable bonds is 4. The van der Waals surface area contributed by atoms with E-state index in [1.807, 2.05) is 18.2 Å². The van der Waals surface area contributed by atoms with Crippen LogP contribution in [0.15, 0.2) is 36.5 Å². The van der Waals surface area contributed by atoms with Gasteiger partial charge in [-0.2, -0.15) is 0 Å². The molecule has 15 heavy (non-hydrogen) atoms. The maximum atomic E-state index is 10.3. The fourth-order valence-electron chi connectivity index (χ4n) is 1.38. The maximum absolute atomic E-state index is 10.3. The summed E-state index contributed by atoms with van der Waals surface area (Å²) in [6, 6.07) is 10.2. The molecule has 0 aliphatic rings. The van der Waals surface area contributed by atoms with Crippen molar-refractivity contribution in [3.63, 3.8) is 0 Å². The molecule has 2 nitrogen and oxygen atoms in total. The molecular weight excluding hydrogens is 206 g/mol. The van der Waals surface area contributed by atoms with E-state index in [4.69, 9.17) is 0 Å². The van der Waals surface area contributed by atoms with Crippen LogP contribution in [0.5, 0.6) is 0 Å². The van der Waals surface area contributed by atoms with Gasteiger partial charge in [0.05, 0.1) is 5.01 Å². The Bertz CT molecular complexity index is 436. The highest BCUT2D eigenvalue weighted by Gasteiger charge is 2.02. The first-order valence-corrected chi connectivity index (χ1v) is 5.61. The molecule has 1 heterocycles. The summed E-state index contributed by atoms with van der Waals surface area (Å²) in [4.78, 5) is 15.6. The topological polar surface area (TPSA) is 30.0 Å². The largest absolute Gasteiger partial charge is 0.303 e. The molecule has 1 aromatic heterocycles. The second-order valence-corrected chi connectivity index (χ2v) is 4.45. The minimum atomic E-state index is 0.479. The van der Waals surface area contributed by atoms with Crippen LogP contribution in [0.1, 0.15) is 15.4 Å². The van der Waals surface area contributed by atoms with Gasteiger partial charge in [0.1, 0.15) is 6.29 Å². The molecule has 0 fully saturated rings. The van der Waals surface area contributed by atoms with E-state index in [9.17, 15) is 4.79 Å². The number of aromatic nitrogens is 1. The molecule has 0 aliphatic heterocycles. The van der Waals surface area contributed by atoms with Gasteiger partial charge in [-0.15, -0.1) is 11.3 Å². The highest BCUT2D eigenvalue weighted by atomic mass is 32.1. The standard InChI is InChI=1S/C12H11NOS/c14-7-6-11-9-13-12(15-11)8-10-4-2-1-3-5-10/h1-5,7,9H,6,8H2. The predicted molar refractivity (Wildman–Crippen MR) is 61.1 cm³/mol. The molecule has 0 spiro atoms. The molecule has 0 radical (unpaired) electrons. The monoisotopic (exact) mass is 217 g/mol. The van der Waals surface area contributed by atoms with Crippen molar-refractivity contribution in [3.8, 4) is 0 Å². The van der Waals surface area contributed by atoms with Gasteiger partial charge in [0.2, 0.25) is 0 Å². The van der Waals surface area contributed by atoms with Gasteiger partial charge in [-0.05, 0) is 5.56 Å². The van der Waals surface area contributed by atoms with Crippen LogP contribution in [-0.2, 0) is 17.6 Å². The second-order valence-electron chi connectivity index (χ2n) is 3.25. The molecule has 2 aromatic rings. The summed E-state index contributed by atoms with van der Waals surface area (Å²) in [7, 11) is 0. The molecule has 0 bridgehead atoms. The van der Waals surface area contributed by atoms with Crippen LogP contribution in [0, 0.1) is 0 Å². The lowest BCUT2D eigenvalue weighted by molar-refractivity contribution is -0.107. The molecule has 2 rings (SSSR count). The molecule has 76 valence electrons. The third kappa shape index (κ3) is 2.73. The van der Waals surface area contributed by atoms with Crippen LogP contribution >= 0.6 is 11.3 Å². The fraction of sp³-hybridized carbons (Fsp3) is 0.167. The van der Waals surface area contributed by atoms with E-state index in [2.05, 4.69) is 17.1 Å². The van der Waals surface area contributed by atoms with Crippen LogP contribution in [0.3, 0.4) is 0 Å². The Morgan fingerprint density at radius 2 is 2.07 bits per heavy atom. The van der Waals surface area contributed by atoms with Crippen molar-refractivity contribution >= 4 is 17.6 Å². The first-order chi connectivity index (χ1) is 7.38. The molecule has 0 atom stereocenters. The Morgan fingerprint density at radius 3 is 2.80 bits per heavy atom. The molecule has 0 N–H and O–H groups in total. The smallest absolute Gasteiger partial charge is 0.125 e. The van der Waals surface area contributed by atoms with Gasteiger partial charge in [-0.1, -0.05) is 30.3 Å². The first kappa shape index (κ1) is 10.1. The van der Waals surface area contributed by atoms with E-state index in [-0.39, 0.29) is 0 Å². The van der Waals surface area contributed by atoms with E-state index < -0.39 is 0 Å². The summed E-state index contributed by atoms with van der Waals surface area (Å²) in [5.41, 5.74) is 1.25. The zero-order valence-electron chi connectivity index (χ0n) is 8.22. The van der Waals surface area contributed by atoms with Gasteiger partial charge < -0.3 is 4.79 Å². The van der Waals surface area contributed by atoms with E-state index in [0.717, 1.165) is 22.6 Å². The van der Waals surface area contributed by atoms with E-state index in [1.54, 1.807) is 17.5 Å². The van der Waals surface area contributed by atoms with E-state index in [1.165, 1.54) is 5.56 Å². The number of hydrogen-bond donors (Lipinski definition) is 0. The molecule has 0 saturated heterocycles. The molecule has 0 saturated carbocycles. The van der Waals surface area contributed by atoms with Gasteiger partial charge >= 0.3 is 0 Å². The van der Waals surface area contributed by atoms with Crippen molar-refractivity contribution in [2.75, 3.05) is 0 Å². The average molecular weight is 217 g/mol. The Morgan fingerprint density at radius 1 is 1.27 bits per heavy atom. The Labute approximate surface area is 92.6 Å². The lowest BCUT2D eigenvalue weighted by atomic mass is 10.2. The zero-order chi connectivity index (χ0) is 10.5. The van der Waals surface area contributed by atoms with Crippen molar-refractivity contribution in [2.24, 2.45) is 0 Å². The summed E-state index contributed by atoms with van der Waals surface area (Å²) in [5, 5.41) is 1.07. The maximum Gasteiger partial charge on any atom is 0.125 e. The summed E-state index contributed by atoms with van der Waals surface area (Å²) in [5.74, 6) is 0. The quantitative estimate of drug-likeness (QED) is 0.736. The van der Waals surface area contributed by atoms with Crippen molar-refractivity contribution < 1.29 is 4.79 Å². The second kappa shape index (κ2) is 4.84. The summed E-state index contributed by atoms with van der Waals surface area (Å²) >= 11 is 1.61. The van der Waals surface area contributed by atoms with E-state index in [0.29, 0.717) is 6.42 Å². The molecule has 0 aliphatic carbocycles. The van der Waals surface area contributed by atoms with Gasteiger partial charge in [0.15, 0.2) is 0 Å². The highest BCUT2D eigenvalue weighted by molar-refractivity contribution is 7.11. The van der Waals surface area contributed by atoms with Crippen LogP contribution in [0.25, 0.3) is 0 Å². The Balaban J connectivity index is 2.08. The number of aldehydes is 1. The average Bonchev–Trinajstić information content (AvgIpc) is 2.68. The lowest BCUT2D eigenvalue weighted by Crippen LogP contribution is -1.84. The minimum Gasteiger partial charge on any atom is -0.303 e. The Hall–Kier alpha value is -1.48. The van der Waals surface area contributed by atoms with E-state index >= 15 is 0 Å². The molecule has 1 aromatic carbocycles. The number of benzene rings is 1. The van der Waals surface area contributed by atoms with Gasteiger partial charge in [-0.3, -0.25) is 0 Å². The summed E-state index contributed by atoms with van der Waals surface area (Å²) < 4.78 is 0. The predicted octanol–water partition coefficient (Wildman–Crippen LogP) is 2.48. The lowest BCUT2D eigenvalue weighted by Gasteiger charge is -1.95. The van der Waals surface area contributed by atoms with Crippen molar-refractivity contribution in [1.29, 1.82) is 0 Å². The van der Waals surface area contributed by atoms with Crippen molar-refractivity contribution in [3.05, 3.63) is 52.0 Å².